The van der Waals surface area contributed by atoms with E-state index in [2.05, 4.69) is 11.0 Å². The molecule has 2 aromatic rings. The molecule has 2 heterocycles. The number of esters is 1. The van der Waals surface area contributed by atoms with E-state index in [9.17, 15) is 9.59 Å². The van der Waals surface area contributed by atoms with E-state index in [1.54, 1.807) is 5.01 Å². The summed E-state index contributed by atoms with van der Waals surface area (Å²) in [7, 11) is 1.43. The summed E-state index contributed by atoms with van der Waals surface area (Å²) in [4.78, 5) is 27.7. The van der Waals surface area contributed by atoms with E-state index < -0.39 is 0 Å². The summed E-state index contributed by atoms with van der Waals surface area (Å²) in [6.45, 7) is 1.65. The lowest BCUT2D eigenvalue weighted by Gasteiger charge is -2.33. The van der Waals surface area contributed by atoms with E-state index in [1.807, 2.05) is 48.5 Å². The number of likely N-dealkylation sites (tertiary alicyclic amines) is 1. The number of ether oxygens (including phenoxy) is 1. The molecular weight excluding hydrogens is 509 g/mol. The van der Waals surface area contributed by atoms with Gasteiger partial charge in [-0.25, -0.2) is 5.01 Å². The van der Waals surface area contributed by atoms with Crippen molar-refractivity contribution >= 4 is 46.9 Å². The highest BCUT2D eigenvalue weighted by Gasteiger charge is 2.44. The second-order valence-electron chi connectivity index (χ2n) is 10.0. The van der Waals surface area contributed by atoms with Crippen LogP contribution in [0.4, 0.5) is 0 Å². The Kier molecular flexibility index (Phi) is 7.98. The average Bonchev–Trinajstić information content (AvgIpc) is 3.31. The maximum absolute atomic E-state index is 13.7. The Bertz CT molecular complexity index is 1200. The lowest BCUT2D eigenvalue weighted by molar-refractivity contribution is -0.147. The molecule has 0 spiro atoms. The van der Waals surface area contributed by atoms with Crippen LogP contribution in [0.15, 0.2) is 59.2 Å². The van der Waals surface area contributed by atoms with Gasteiger partial charge in [-0.2, -0.15) is 5.10 Å². The number of halogens is 2. The molecule has 8 heteroatoms. The first kappa shape index (κ1) is 26.0. The van der Waals surface area contributed by atoms with E-state index in [4.69, 9.17) is 33.0 Å². The van der Waals surface area contributed by atoms with Crippen LogP contribution in [-0.4, -0.2) is 54.2 Å². The van der Waals surface area contributed by atoms with Crippen LogP contribution in [0.3, 0.4) is 0 Å². The van der Waals surface area contributed by atoms with Gasteiger partial charge in [-0.1, -0.05) is 47.5 Å². The van der Waals surface area contributed by atoms with Gasteiger partial charge in [-0.3, -0.25) is 14.5 Å². The minimum atomic E-state index is -0.165. The molecule has 1 saturated heterocycles. The highest BCUT2D eigenvalue weighted by atomic mass is 35.5. The van der Waals surface area contributed by atoms with Crippen LogP contribution in [0.2, 0.25) is 10.0 Å². The number of methoxy groups -OCH3 is 1. The molecule has 1 aliphatic carbocycles. The van der Waals surface area contributed by atoms with Gasteiger partial charge in [-0.05, 0) is 92.2 Å². The van der Waals surface area contributed by atoms with Crippen molar-refractivity contribution in [1.82, 2.24) is 9.91 Å². The molecule has 2 aromatic carbocycles. The Labute approximate surface area is 227 Å². The second-order valence-corrected chi connectivity index (χ2v) is 10.9. The SMILES string of the molecule is COC(=O)C1CCN(CC(=O)N2N=C3/C(=C\c4ccc(Cl)cc4)CCC[C@H]3[C@@H]2c2ccc(Cl)cc2)CC1. The van der Waals surface area contributed by atoms with Crippen molar-refractivity contribution < 1.29 is 14.3 Å². The van der Waals surface area contributed by atoms with Crippen molar-refractivity contribution in [3.05, 3.63) is 75.3 Å². The molecule has 0 N–H and O–H groups in total. The number of hydrogen-bond donors (Lipinski definition) is 0. The van der Waals surface area contributed by atoms with Gasteiger partial charge in [0.05, 0.1) is 31.3 Å². The normalized spacial score (nSPS) is 23.6. The minimum absolute atomic E-state index is 0.0239. The topological polar surface area (TPSA) is 62.2 Å². The van der Waals surface area contributed by atoms with E-state index in [1.165, 1.54) is 12.7 Å². The molecule has 1 saturated carbocycles. The Morgan fingerprint density at radius 1 is 1.00 bits per heavy atom. The third kappa shape index (κ3) is 5.77. The number of carbonyl (C=O) groups is 2. The Hall–Kier alpha value is -2.67. The fourth-order valence-corrected chi connectivity index (χ4v) is 5.97. The van der Waals surface area contributed by atoms with Gasteiger partial charge in [-0.15, -0.1) is 0 Å². The molecule has 2 fully saturated rings. The molecule has 1 amide bonds. The van der Waals surface area contributed by atoms with Crippen molar-refractivity contribution in [2.75, 3.05) is 26.7 Å². The number of rotatable bonds is 5. The first-order chi connectivity index (χ1) is 17.9. The number of fused-ring (bicyclic) bond motifs is 1. The van der Waals surface area contributed by atoms with Crippen LogP contribution in [0.1, 0.15) is 49.3 Å². The zero-order valence-electron chi connectivity index (χ0n) is 20.9. The monoisotopic (exact) mass is 539 g/mol. The van der Waals surface area contributed by atoms with E-state index in [0.717, 1.165) is 36.1 Å². The Morgan fingerprint density at radius 3 is 2.30 bits per heavy atom. The summed E-state index contributed by atoms with van der Waals surface area (Å²) in [5.41, 5.74) is 4.29. The molecule has 3 aliphatic rings. The van der Waals surface area contributed by atoms with Gasteiger partial charge in [0, 0.05) is 16.0 Å². The quantitative estimate of drug-likeness (QED) is 0.437. The van der Waals surface area contributed by atoms with Gasteiger partial charge in [0.25, 0.3) is 5.91 Å². The fraction of sp³-hybridized carbons (Fsp3) is 0.414. The van der Waals surface area contributed by atoms with Crippen LogP contribution in [0.25, 0.3) is 6.08 Å². The third-order valence-electron chi connectivity index (χ3n) is 7.66. The average molecular weight is 540 g/mol. The van der Waals surface area contributed by atoms with E-state index >= 15 is 0 Å². The molecule has 0 unspecified atom stereocenters. The van der Waals surface area contributed by atoms with Crippen molar-refractivity contribution in [2.45, 2.75) is 38.1 Å². The summed E-state index contributed by atoms with van der Waals surface area (Å²) < 4.78 is 4.90. The third-order valence-corrected chi connectivity index (χ3v) is 8.16. The number of hydrazone groups is 1. The van der Waals surface area contributed by atoms with Crippen LogP contribution < -0.4 is 0 Å². The molecule has 5 rings (SSSR count). The van der Waals surface area contributed by atoms with Crippen LogP contribution >= 0.6 is 23.2 Å². The molecule has 194 valence electrons. The zero-order chi connectivity index (χ0) is 25.9. The number of hydrogen-bond acceptors (Lipinski definition) is 5. The molecule has 0 aromatic heterocycles. The standard InChI is InChI=1S/C29H31Cl2N3O3/c1-37-29(36)21-13-15-33(16-14-21)18-26(35)34-28(20-7-11-24(31)12-8-20)25-4-2-3-22(27(25)32-34)17-19-5-9-23(30)10-6-19/h5-12,17,21,25,28H,2-4,13-16,18H2,1H3/b22-17-/t25-,28+/m1/s1. The second kappa shape index (κ2) is 11.4. The number of nitrogens with zero attached hydrogens (tertiary/aromatic N) is 3. The lowest BCUT2D eigenvalue weighted by Crippen LogP contribution is -2.43. The molecular formula is C29H31Cl2N3O3. The lowest BCUT2D eigenvalue weighted by atomic mass is 9.77. The first-order valence-corrected chi connectivity index (χ1v) is 13.6. The van der Waals surface area contributed by atoms with Crippen molar-refractivity contribution in [2.24, 2.45) is 16.9 Å². The van der Waals surface area contributed by atoms with Crippen molar-refractivity contribution in [3.8, 4) is 0 Å². The predicted octanol–water partition coefficient (Wildman–Crippen LogP) is 6.00. The summed E-state index contributed by atoms with van der Waals surface area (Å²) >= 11 is 12.3. The summed E-state index contributed by atoms with van der Waals surface area (Å²) in [5.74, 6) is -0.149. The Balaban J connectivity index is 1.40. The summed E-state index contributed by atoms with van der Waals surface area (Å²) in [6, 6.07) is 15.4. The summed E-state index contributed by atoms with van der Waals surface area (Å²) in [5, 5.41) is 8.06. The van der Waals surface area contributed by atoms with Crippen LogP contribution in [0, 0.1) is 11.8 Å². The van der Waals surface area contributed by atoms with Gasteiger partial charge in [0.1, 0.15) is 0 Å². The smallest absolute Gasteiger partial charge is 0.308 e. The molecule has 0 radical (unpaired) electrons. The number of allylic oxidation sites excluding steroid dienone is 1. The maximum Gasteiger partial charge on any atom is 0.308 e. The zero-order valence-corrected chi connectivity index (χ0v) is 22.4. The molecule has 0 bridgehead atoms. The van der Waals surface area contributed by atoms with Gasteiger partial charge >= 0.3 is 5.97 Å². The van der Waals surface area contributed by atoms with Crippen LogP contribution in [0.5, 0.6) is 0 Å². The van der Waals surface area contributed by atoms with E-state index in [-0.39, 0.29) is 36.3 Å². The summed E-state index contributed by atoms with van der Waals surface area (Å²) in [6.07, 6.45) is 6.51. The molecule has 2 atom stereocenters. The molecule has 2 aliphatic heterocycles. The van der Waals surface area contributed by atoms with Gasteiger partial charge in [0.15, 0.2) is 0 Å². The molecule has 6 nitrogen and oxygen atoms in total. The van der Waals surface area contributed by atoms with E-state index in [0.29, 0.717) is 36.0 Å². The largest absolute Gasteiger partial charge is 0.469 e. The number of piperidine rings is 1. The highest BCUT2D eigenvalue weighted by molar-refractivity contribution is 6.30. The van der Waals surface area contributed by atoms with Crippen molar-refractivity contribution in [3.63, 3.8) is 0 Å². The first-order valence-electron chi connectivity index (χ1n) is 12.9. The number of carbonyl (C=O) groups excluding carboxylic acids is 2. The Morgan fingerprint density at radius 2 is 1.65 bits per heavy atom. The molecule has 37 heavy (non-hydrogen) atoms. The minimum Gasteiger partial charge on any atom is -0.469 e. The van der Waals surface area contributed by atoms with Gasteiger partial charge < -0.3 is 4.74 Å². The van der Waals surface area contributed by atoms with Crippen molar-refractivity contribution in [1.29, 1.82) is 0 Å². The number of benzene rings is 2. The maximum atomic E-state index is 13.7. The van der Waals surface area contributed by atoms with Gasteiger partial charge in [0.2, 0.25) is 0 Å². The highest BCUT2D eigenvalue weighted by Crippen LogP contribution is 2.44. The fourth-order valence-electron chi connectivity index (χ4n) is 5.72. The number of amides is 1. The predicted molar refractivity (Wildman–Crippen MR) is 146 cm³/mol. The van der Waals surface area contributed by atoms with Crippen LogP contribution in [-0.2, 0) is 14.3 Å².